The van der Waals surface area contributed by atoms with Gasteiger partial charge in [-0.2, -0.15) is 0 Å². The van der Waals surface area contributed by atoms with Crippen molar-refractivity contribution in [2.75, 3.05) is 5.73 Å². The zero-order valence-electron chi connectivity index (χ0n) is 7.67. The van der Waals surface area contributed by atoms with E-state index in [9.17, 15) is 5.11 Å². The molecule has 0 spiro atoms. The van der Waals surface area contributed by atoms with Crippen LogP contribution in [0, 0.1) is 12.3 Å². The van der Waals surface area contributed by atoms with E-state index in [1.807, 2.05) is 0 Å². The molecule has 0 bridgehead atoms. The second kappa shape index (κ2) is 3.86. The number of anilines is 1. The van der Waals surface area contributed by atoms with Crippen molar-refractivity contribution in [3.63, 3.8) is 0 Å². The molecule has 0 aliphatic heterocycles. The Morgan fingerprint density at radius 3 is 2.77 bits per heavy atom. The van der Waals surface area contributed by atoms with E-state index in [1.54, 1.807) is 12.1 Å². The summed E-state index contributed by atoms with van der Waals surface area (Å²) < 4.78 is 0. The number of nitrogen functional groups attached to an aromatic ring is 1. The normalized spacial score (nSPS) is 9.54. The average molecular weight is 175 g/mol. The lowest BCUT2D eigenvalue weighted by atomic mass is 10.0. The second-order valence-electron chi connectivity index (χ2n) is 2.96. The van der Waals surface area contributed by atoms with E-state index < -0.39 is 0 Å². The second-order valence-corrected chi connectivity index (χ2v) is 2.96. The number of phenols is 1. The van der Waals surface area contributed by atoms with Gasteiger partial charge in [0.15, 0.2) is 0 Å². The lowest BCUT2D eigenvalue weighted by Crippen LogP contribution is -1.94. The average Bonchev–Trinajstić information content (AvgIpc) is 2.11. The number of benzene rings is 1. The lowest BCUT2D eigenvalue weighted by molar-refractivity contribution is 0.477. The van der Waals surface area contributed by atoms with E-state index in [4.69, 9.17) is 12.2 Å². The zero-order chi connectivity index (χ0) is 9.84. The molecule has 0 fully saturated rings. The summed E-state index contributed by atoms with van der Waals surface area (Å²) in [5, 5.41) is 9.30. The molecule has 1 aromatic rings. The highest BCUT2D eigenvalue weighted by atomic mass is 16.3. The Morgan fingerprint density at radius 2 is 2.23 bits per heavy atom. The van der Waals surface area contributed by atoms with Gasteiger partial charge in [0.05, 0.1) is 5.69 Å². The molecular weight excluding hydrogens is 162 g/mol. The first-order valence-electron chi connectivity index (χ1n) is 4.27. The van der Waals surface area contributed by atoms with Gasteiger partial charge in [-0.25, -0.2) is 0 Å². The molecule has 2 nitrogen and oxygen atoms in total. The minimum Gasteiger partial charge on any atom is -0.506 e. The third-order valence-electron chi connectivity index (χ3n) is 1.93. The summed E-state index contributed by atoms with van der Waals surface area (Å²) in [6, 6.07) is 3.29. The number of terminal acetylenes is 1. The van der Waals surface area contributed by atoms with Gasteiger partial charge in [0.1, 0.15) is 5.75 Å². The van der Waals surface area contributed by atoms with Crippen LogP contribution in [0.2, 0.25) is 0 Å². The summed E-state index contributed by atoms with van der Waals surface area (Å²) in [7, 11) is 0. The molecule has 1 aromatic carbocycles. The monoisotopic (exact) mass is 175 g/mol. The molecule has 0 amide bonds. The van der Waals surface area contributed by atoms with Gasteiger partial charge < -0.3 is 10.8 Å². The third kappa shape index (κ3) is 1.94. The molecule has 0 heterocycles. The summed E-state index contributed by atoms with van der Waals surface area (Å²) in [5.41, 5.74) is 7.71. The van der Waals surface area contributed by atoms with Crippen LogP contribution < -0.4 is 5.73 Å². The number of hydrogen-bond acceptors (Lipinski definition) is 2. The fourth-order valence-electron chi connectivity index (χ4n) is 1.26. The Morgan fingerprint density at radius 1 is 1.54 bits per heavy atom. The predicted octanol–water partition coefficient (Wildman–Crippen LogP) is 1.91. The van der Waals surface area contributed by atoms with Crippen LogP contribution >= 0.6 is 0 Å². The Kier molecular flexibility index (Phi) is 2.81. The van der Waals surface area contributed by atoms with Crippen LogP contribution in [0.5, 0.6) is 5.75 Å². The van der Waals surface area contributed by atoms with Crippen LogP contribution in [0.4, 0.5) is 5.69 Å². The summed E-state index contributed by atoms with van der Waals surface area (Å²) >= 11 is 0. The van der Waals surface area contributed by atoms with Crippen LogP contribution in [0.15, 0.2) is 12.1 Å². The van der Waals surface area contributed by atoms with E-state index in [-0.39, 0.29) is 5.75 Å². The molecule has 0 saturated carbocycles. The fourth-order valence-corrected chi connectivity index (χ4v) is 1.26. The van der Waals surface area contributed by atoms with Gasteiger partial charge in [-0.05, 0) is 24.1 Å². The molecule has 68 valence electrons. The Labute approximate surface area is 78.4 Å². The summed E-state index contributed by atoms with van der Waals surface area (Å²) in [6.45, 7) is 2.07. The highest BCUT2D eigenvalue weighted by Gasteiger charge is 2.04. The summed E-state index contributed by atoms with van der Waals surface area (Å²) in [5.74, 6) is 2.60. The SMILES string of the molecule is C#Cc1cc(O)c(N)cc1CCC. The Bertz CT molecular complexity index is 350. The van der Waals surface area contributed by atoms with Crippen molar-refractivity contribution in [2.24, 2.45) is 0 Å². The van der Waals surface area contributed by atoms with Gasteiger partial charge in [-0.15, -0.1) is 6.42 Å². The maximum absolute atomic E-state index is 9.30. The molecule has 0 saturated heterocycles. The molecule has 2 heteroatoms. The van der Waals surface area contributed by atoms with E-state index >= 15 is 0 Å². The van der Waals surface area contributed by atoms with Crippen molar-refractivity contribution in [2.45, 2.75) is 19.8 Å². The number of phenolic OH excluding ortho intramolecular Hbond substituents is 1. The maximum Gasteiger partial charge on any atom is 0.139 e. The highest BCUT2D eigenvalue weighted by molar-refractivity contribution is 5.59. The first kappa shape index (κ1) is 9.47. The predicted molar refractivity (Wildman–Crippen MR) is 54.4 cm³/mol. The van der Waals surface area contributed by atoms with Gasteiger partial charge >= 0.3 is 0 Å². The number of hydrogen-bond donors (Lipinski definition) is 2. The minimum atomic E-state index is 0.0628. The summed E-state index contributed by atoms with van der Waals surface area (Å²) in [4.78, 5) is 0. The van der Waals surface area contributed by atoms with Crippen LogP contribution in [0.1, 0.15) is 24.5 Å². The molecule has 0 aliphatic rings. The third-order valence-corrected chi connectivity index (χ3v) is 1.93. The van der Waals surface area contributed by atoms with E-state index in [2.05, 4.69) is 12.8 Å². The molecule has 0 unspecified atom stereocenters. The fraction of sp³-hybridized carbons (Fsp3) is 0.273. The van der Waals surface area contributed by atoms with Gasteiger partial charge in [0.2, 0.25) is 0 Å². The van der Waals surface area contributed by atoms with E-state index in [1.165, 1.54) is 0 Å². The van der Waals surface area contributed by atoms with Crippen LogP contribution in [0.25, 0.3) is 0 Å². The molecule has 13 heavy (non-hydrogen) atoms. The number of aryl methyl sites for hydroxylation is 1. The van der Waals surface area contributed by atoms with Crippen molar-refractivity contribution < 1.29 is 5.11 Å². The molecule has 0 radical (unpaired) electrons. The topological polar surface area (TPSA) is 46.2 Å². The van der Waals surface area contributed by atoms with Gasteiger partial charge in [-0.3, -0.25) is 0 Å². The van der Waals surface area contributed by atoms with Crippen molar-refractivity contribution in [3.05, 3.63) is 23.3 Å². The van der Waals surface area contributed by atoms with Crippen molar-refractivity contribution in [3.8, 4) is 18.1 Å². The van der Waals surface area contributed by atoms with Crippen molar-refractivity contribution >= 4 is 5.69 Å². The first-order valence-corrected chi connectivity index (χ1v) is 4.27. The molecule has 0 aliphatic carbocycles. The van der Waals surface area contributed by atoms with Crippen LogP contribution in [0.3, 0.4) is 0 Å². The van der Waals surface area contributed by atoms with Crippen LogP contribution in [-0.4, -0.2) is 5.11 Å². The smallest absolute Gasteiger partial charge is 0.139 e. The van der Waals surface area contributed by atoms with Gasteiger partial charge in [-0.1, -0.05) is 19.3 Å². The largest absolute Gasteiger partial charge is 0.506 e. The lowest BCUT2D eigenvalue weighted by Gasteiger charge is -2.06. The number of rotatable bonds is 2. The van der Waals surface area contributed by atoms with Gasteiger partial charge in [0.25, 0.3) is 0 Å². The molecule has 0 aromatic heterocycles. The maximum atomic E-state index is 9.30. The zero-order valence-corrected chi connectivity index (χ0v) is 7.67. The number of nitrogens with two attached hydrogens (primary N) is 1. The molecular formula is C11H13NO. The Balaban J connectivity index is 3.18. The molecule has 0 atom stereocenters. The molecule has 1 rings (SSSR count). The van der Waals surface area contributed by atoms with Gasteiger partial charge in [0, 0.05) is 5.56 Å². The standard InChI is InChI=1S/C11H13NO/c1-3-5-9-6-10(12)11(13)7-8(9)4-2/h2,6-7,13H,3,5,12H2,1H3. The van der Waals surface area contributed by atoms with Crippen molar-refractivity contribution in [1.82, 2.24) is 0 Å². The Hall–Kier alpha value is -1.62. The van der Waals surface area contributed by atoms with Crippen LogP contribution in [-0.2, 0) is 6.42 Å². The van der Waals surface area contributed by atoms with E-state index in [0.717, 1.165) is 24.0 Å². The first-order chi connectivity index (χ1) is 6.19. The quantitative estimate of drug-likeness (QED) is 0.409. The minimum absolute atomic E-state index is 0.0628. The van der Waals surface area contributed by atoms with Crippen molar-refractivity contribution in [1.29, 1.82) is 0 Å². The summed E-state index contributed by atoms with van der Waals surface area (Å²) in [6.07, 6.45) is 7.20. The highest BCUT2D eigenvalue weighted by Crippen LogP contribution is 2.24. The van der Waals surface area contributed by atoms with E-state index in [0.29, 0.717) is 5.69 Å². The number of aromatic hydroxyl groups is 1. The molecule has 3 N–H and O–H groups in total.